The van der Waals surface area contributed by atoms with Crippen LogP contribution in [0.25, 0.3) is 10.9 Å². The van der Waals surface area contributed by atoms with E-state index in [9.17, 15) is 20.0 Å². The van der Waals surface area contributed by atoms with E-state index in [1.165, 1.54) is 32.4 Å². The molecule has 0 atom stereocenters. The molecular weight excluding hydrogens is 268 g/mol. The molecule has 106 valence electrons. The van der Waals surface area contributed by atoms with Crippen molar-refractivity contribution in [3.8, 4) is 11.5 Å². The van der Waals surface area contributed by atoms with E-state index in [0.29, 0.717) is 5.39 Å². The van der Waals surface area contributed by atoms with E-state index in [1.807, 2.05) is 0 Å². The molecule has 1 heterocycles. The number of aromatic hydroxyl groups is 1. The molecule has 0 radical (unpaired) electrons. The molecule has 0 spiro atoms. The van der Waals surface area contributed by atoms with Crippen LogP contribution in [0.3, 0.4) is 0 Å². The number of hydrogen-bond acceptors (Lipinski definition) is 6. The number of pyridine rings is 1. The van der Waals surface area contributed by atoms with Crippen LogP contribution >= 0.6 is 0 Å². The number of aromatic nitrogens is 1. The number of nitrogens with zero attached hydrogens (tertiary/aromatic N) is 2. The lowest BCUT2D eigenvalue weighted by Crippen LogP contribution is -2.18. The maximum Gasteiger partial charge on any atom is 0.296 e. The summed E-state index contributed by atoms with van der Waals surface area (Å²) in [7, 11) is 2.80. The van der Waals surface area contributed by atoms with Crippen LogP contribution in [0.1, 0.15) is 0 Å². The average Bonchev–Trinajstić information content (AvgIpc) is 2.44. The van der Waals surface area contributed by atoms with Crippen LogP contribution in [-0.4, -0.2) is 28.5 Å². The number of benzene rings is 1. The third-order valence-electron chi connectivity index (χ3n) is 2.84. The first-order valence-corrected chi connectivity index (χ1v) is 5.59. The molecule has 1 aromatic carbocycles. The van der Waals surface area contributed by atoms with E-state index >= 15 is 0 Å². The van der Waals surface area contributed by atoms with Crippen molar-refractivity contribution >= 4 is 16.6 Å². The van der Waals surface area contributed by atoms with Crippen LogP contribution < -0.4 is 10.3 Å². The lowest BCUT2D eigenvalue weighted by molar-refractivity contribution is -0.384. The number of fused-ring (bicyclic) bond motifs is 1. The van der Waals surface area contributed by atoms with Crippen molar-refractivity contribution in [2.45, 2.75) is 0 Å². The van der Waals surface area contributed by atoms with Gasteiger partial charge in [-0.15, -0.1) is 0 Å². The van der Waals surface area contributed by atoms with Crippen molar-refractivity contribution in [1.29, 1.82) is 0 Å². The maximum absolute atomic E-state index is 11.9. The minimum absolute atomic E-state index is 0.0557. The quantitative estimate of drug-likeness (QED) is 0.511. The third kappa shape index (κ3) is 2.16. The predicted molar refractivity (Wildman–Crippen MR) is 70.0 cm³/mol. The number of aryl methyl sites for hydroxylation is 1. The Balaban J connectivity index is 2.79. The van der Waals surface area contributed by atoms with Crippen molar-refractivity contribution in [3.05, 3.63) is 38.7 Å². The second-order valence-corrected chi connectivity index (χ2v) is 4.05. The van der Waals surface area contributed by atoms with Gasteiger partial charge in [0.15, 0.2) is 12.5 Å². The van der Waals surface area contributed by atoms with Gasteiger partial charge in [0.25, 0.3) is 11.2 Å². The summed E-state index contributed by atoms with van der Waals surface area (Å²) < 4.78 is 11.0. The van der Waals surface area contributed by atoms with E-state index in [4.69, 9.17) is 9.47 Å². The lowest BCUT2D eigenvalue weighted by atomic mass is 10.1. The predicted octanol–water partition coefficient (Wildman–Crippen LogP) is 1.13. The van der Waals surface area contributed by atoms with Crippen molar-refractivity contribution in [2.75, 3.05) is 13.9 Å². The van der Waals surface area contributed by atoms with Crippen LogP contribution in [0.5, 0.6) is 11.5 Å². The molecule has 0 fully saturated rings. The summed E-state index contributed by atoms with van der Waals surface area (Å²) in [5.41, 5.74) is -0.576. The van der Waals surface area contributed by atoms with Gasteiger partial charge in [0.05, 0.1) is 10.4 Å². The summed E-state index contributed by atoms with van der Waals surface area (Å²) >= 11 is 0. The molecule has 0 bridgehead atoms. The van der Waals surface area contributed by atoms with Crippen LogP contribution in [-0.2, 0) is 11.8 Å². The summed E-state index contributed by atoms with van der Waals surface area (Å²) in [5.74, 6) is -0.620. The maximum atomic E-state index is 11.9. The molecule has 1 N–H and O–H groups in total. The zero-order chi connectivity index (χ0) is 14.9. The Hall–Kier alpha value is -2.61. The SMILES string of the molecule is COCOc1c(O)c(=O)n(C)c2cc([N+](=O)[O-])ccc12. The van der Waals surface area contributed by atoms with Gasteiger partial charge in [0, 0.05) is 31.7 Å². The first kappa shape index (κ1) is 13.8. The number of nitro benzene ring substituents is 1. The van der Waals surface area contributed by atoms with Crippen molar-refractivity contribution < 1.29 is 19.5 Å². The molecule has 8 nitrogen and oxygen atoms in total. The molecule has 0 amide bonds. The average molecular weight is 280 g/mol. The smallest absolute Gasteiger partial charge is 0.296 e. The van der Waals surface area contributed by atoms with Crippen LogP contribution in [0.4, 0.5) is 5.69 Å². The molecule has 1 aromatic heterocycles. The third-order valence-corrected chi connectivity index (χ3v) is 2.84. The van der Waals surface area contributed by atoms with Gasteiger partial charge in [-0.25, -0.2) is 0 Å². The highest BCUT2D eigenvalue weighted by Crippen LogP contribution is 2.33. The van der Waals surface area contributed by atoms with Gasteiger partial charge >= 0.3 is 0 Å². The van der Waals surface area contributed by atoms with Gasteiger partial charge in [0.2, 0.25) is 5.75 Å². The molecule has 0 aliphatic carbocycles. The highest BCUT2D eigenvalue weighted by molar-refractivity contribution is 5.89. The molecule has 0 aliphatic rings. The van der Waals surface area contributed by atoms with Gasteiger partial charge in [0.1, 0.15) is 0 Å². The lowest BCUT2D eigenvalue weighted by Gasteiger charge is -2.12. The van der Waals surface area contributed by atoms with Crippen molar-refractivity contribution in [3.63, 3.8) is 0 Å². The Morgan fingerprint density at radius 1 is 1.45 bits per heavy atom. The van der Waals surface area contributed by atoms with E-state index in [2.05, 4.69) is 0 Å². The second kappa shape index (κ2) is 5.17. The Morgan fingerprint density at radius 2 is 2.15 bits per heavy atom. The van der Waals surface area contributed by atoms with E-state index in [0.717, 1.165) is 4.57 Å². The number of ether oxygens (including phenoxy) is 2. The fourth-order valence-electron chi connectivity index (χ4n) is 1.86. The largest absolute Gasteiger partial charge is 0.500 e. The number of methoxy groups -OCH3 is 1. The van der Waals surface area contributed by atoms with Gasteiger partial charge in [-0.1, -0.05) is 0 Å². The standard InChI is InChI=1S/C12H12N2O6/c1-13-9-5-7(14(17)18)3-4-8(9)11(20-6-19-2)10(15)12(13)16/h3-5,15H,6H2,1-2H3. The molecule has 8 heteroatoms. The van der Waals surface area contributed by atoms with Crippen LogP contribution in [0.2, 0.25) is 0 Å². The first-order valence-electron chi connectivity index (χ1n) is 5.59. The minimum Gasteiger partial charge on any atom is -0.500 e. The Labute approximate surface area is 112 Å². The molecule has 0 unspecified atom stereocenters. The van der Waals surface area contributed by atoms with Crippen LogP contribution in [0.15, 0.2) is 23.0 Å². The summed E-state index contributed by atoms with van der Waals surface area (Å²) in [5, 5.41) is 21.0. The molecule has 0 saturated carbocycles. The molecule has 0 saturated heterocycles. The second-order valence-electron chi connectivity index (χ2n) is 4.05. The molecule has 2 aromatic rings. The summed E-state index contributed by atoms with van der Waals surface area (Å²) in [6.45, 7) is -0.160. The van der Waals surface area contributed by atoms with Gasteiger partial charge < -0.3 is 19.1 Å². The Kier molecular flexibility index (Phi) is 3.57. The first-order chi connectivity index (χ1) is 9.47. The van der Waals surface area contributed by atoms with Crippen LogP contribution in [0, 0.1) is 10.1 Å². The van der Waals surface area contributed by atoms with E-state index in [1.54, 1.807) is 0 Å². The minimum atomic E-state index is -0.705. The monoisotopic (exact) mass is 280 g/mol. The fourth-order valence-corrected chi connectivity index (χ4v) is 1.86. The zero-order valence-corrected chi connectivity index (χ0v) is 10.8. The van der Waals surface area contributed by atoms with Crippen molar-refractivity contribution in [1.82, 2.24) is 4.57 Å². The van der Waals surface area contributed by atoms with E-state index < -0.39 is 16.2 Å². The van der Waals surface area contributed by atoms with Gasteiger partial charge in [-0.2, -0.15) is 0 Å². The highest BCUT2D eigenvalue weighted by Gasteiger charge is 2.18. The molecular formula is C12H12N2O6. The molecule has 0 aliphatic heterocycles. The highest BCUT2D eigenvalue weighted by atomic mass is 16.7. The number of non-ortho nitro benzene ring substituents is 1. The number of nitro groups is 1. The summed E-state index contributed by atoms with van der Waals surface area (Å²) in [6.07, 6.45) is 0. The summed E-state index contributed by atoms with van der Waals surface area (Å²) in [6, 6.07) is 3.93. The molecule has 2 rings (SSSR count). The molecule has 20 heavy (non-hydrogen) atoms. The van der Waals surface area contributed by atoms with Gasteiger partial charge in [-0.3, -0.25) is 14.9 Å². The topological polar surface area (TPSA) is 104 Å². The van der Waals surface area contributed by atoms with Crippen molar-refractivity contribution in [2.24, 2.45) is 7.05 Å². The number of rotatable bonds is 4. The van der Waals surface area contributed by atoms with Gasteiger partial charge in [-0.05, 0) is 6.07 Å². The number of hydrogen-bond donors (Lipinski definition) is 1. The zero-order valence-electron chi connectivity index (χ0n) is 10.8. The Morgan fingerprint density at radius 3 is 2.75 bits per heavy atom. The van der Waals surface area contributed by atoms with E-state index in [-0.39, 0.29) is 23.7 Å². The fraction of sp³-hybridized carbons (Fsp3) is 0.250. The summed E-state index contributed by atoms with van der Waals surface area (Å²) in [4.78, 5) is 22.1. The normalized spacial score (nSPS) is 10.7. The Bertz CT molecular complexity index is 737.